The molecule has 2 atom stereocenters. The number of carbonyl (C=O) groups excluding carboxylic acids is 1. The molecule has 0 spiro atoms. The van der Waals surface area contributed by atoms with Gasteiger partial charge in [0.15, 0.2) is 5.60 Å². The van der Waals surface area contributed by atoms with E-state index in [9.17, 15) is 4.79 Å². The van der Waals surface area contributed by atoms with E-state index in [4.69, 9.17) is 18.6 Å². The van der Waals surface area contributed by atoms with E-state index >= 15 is 0 Å². The van der Waals surface area contributed by atoms with Gasteiger partial charge >= 0.3 is 5.97 Å². The van der Waals surface area contributed by atoms with Crippen LogP contribution in [0.5, 0.6) is 5.75 Å². The maximum Gasteiger partial charge on any atom is 0.338 e. The third-order valence-electron chi connectivity index (χ3n) is 8.14. The van der Waals surface area contributed by atoms with Gasteiger partial charge in [0.25, 0.3) is 8.32 Å². The monoisotopic (exact) mass is 570 g/mol. The maximum atomic E-state index is 13.6. The second-order valence-electron chi connectivity index (χ2n) is 11.5. The third-order valence-corrected chi connectivity index (χ3v) is 13.1. The summed E-state index contributed by atoms with van der Waals surface area (Å²) in [4.78, 5) is 13.6. The van der Waals surface area contributed by atoms with Crippen LogP contribution in [-0.2, 0) is 25.3 Å². The molecule has 0 aliphatic heterocycles. The van der Waals surface area contributed by atoms with E-state index in [1.165, 1.54) is 17.5 Å². The lowest BCUT2D eigenvalue weighted by molar-refractivity contribution is -0.182. The van der Waals surface area contributed by atoms with Crippen molar-refractivity contribution >= 4 is 24.7 Å². The van der Waals surface area contributed by atoms with Crippen LogP contribution >= 0.6 is 0 Å². The topological polar surface area (TPSA) is 54.0 Å². The van der Waals surface area contributed by atoms with Crippen molar-refractivity contribution in [3.63, 3.8) is 0 Å². The van der Waals surface area contributed by atoms with Gasteiger partial charge in [0.2, 0.25) is 0 Å². The fourth-order valence-corrected chi connectivity index (χ4v) is 10.5. The fraction of sp³-hybridized carbons (Fsp3) is 0.343. The van der Waals surface area contributed by atoms with Gasteiger partial charge in [-0.25, -0.2) is 4.79 Å². The average Bonchev–Trinajstić information content (AvgIpc) is 3.00. The standard InChI is InChI=1S/C35H42O5Si/c1-7-27-22-23-35(33(36)38-6,39-25-28-18-20-30(37-5)21-19-28)29(24-27)26-40-41(34(2,3)4,31-14-10-8-11-15-31)32-16-12-9-13-17-32/h7-21,24,29H,1,22-23,25-26H2,2-6H3/t29-,35-/m0/s1. The summed E-state index contributed by atoms with van der Waals surface area (Å²) in [5.41, 5.74) is 0.819. The molecule has 216 valence electrons. The molecule has 0 saturated carbocycles. The minimum absolute atomic E-state index is 0.201. The Morgan fingerprint density at radius 3 is 2.02 bits per heavy atom. The summed E-state index contributed by atoms with van der Waals surface area (Å²) in [7, 11) is 0.216. The molecular weight excluding hydrogens is 528 g/mol. The smallest absolute Gasteiger partial charge is 0.338 e. The van der Waals surface area contributed by atoms with Gasteiger partial charge in [0.05, 0.1) is 20.8 Å². The fourth-order valence-electron chi connectivity index (χ4n) is 5.92. The Hall–Kier alpha value is -3.45. The van der Waals surface area contributed by atoms with Crippen molar-refractivity contribution < 1.29 is 23.4 Å². The number of allylic oxidation sites excluding steroid dienone is 2. The van der Waals surface area contributed by atoms with E-state index in [1.807, 2.05) is 42.5 Å². The molecule has 0 fully saturated rings. The highest BCUT2D eigenvalue weighted by Gasteiger charge is 2.54. The van der Waals surface area contributed by atoms with E-state index < -0.39 is 13.9 Å². The Morgan fingerprint density at radius 1 is 0.951 bits per heavy atom. The third kappa shape index (κ3) is 6.25. The van der Waals surface area contributed by atoms with Crippen LogP contribution in [0.2, 0.25) is 5.04 Å². The lowest BCUT2D eigenvalue weighted by Gasteiger charge is -2.46. The molecule has 0 aromatic heterocycles. The van der Waals surface area contributed by atoms with Crippen LogP contribution in [0.25, 0.3) is 0 Å². The number of benzene rings is 3. The molecule has 0 heterocycles. The quantitative estimate of drug-likeness (QED) is 0.202. The molecule has 0 radical (unpaired) electrons. The van der Waals surface area contributed by atoms with Gasteiger partial charge in [-0.2, -0.15) is 0 Å². The van der Waals surface area contributed by atoms with E-state index in [-0.39, 0.29) is 23.5 Å². The van der Waals surface area contributed by atoms with Crippen LogP contribution in [-0.4, -0.2) is 40.7 Å². The predicted octanol–water partition coefficient (Wildman–Crippen LogP) is 6.22. The highest BCUT2D eigenvalue weighted by Crippen LogP contribution is 2.41. The maximum absolute atomic E-state index is 13.6. The predicted molar refractivity (Wildman–Crippen MR) is 167 cm³/mol. The summed E-state index contributed by atoms with van der Waals surface area (Å²) < 4.78 is 24.6. The van der Waals surface area contributed by atoms with Gasteiger partial charge in [0.1, 0.15) is 5.75 Å². The van der Waals surface area contributed by atoms with Crippen molar-refractivity contribution in [1.29, 1.82) is 0 Å². The van der Waals surface area contributed by atoms with Crippen LogP contribution in [0, 0.1) is 5.92 Å². The Kier molecular flexibility index (Phi) is 9.69. The molecule has 1 aliphatic rings. The Balaban J connectivity index is 1.76. The molecule has 0 bridgehead atoms. The van der Waals surface area contributed by atoms with Gasteiger partial charge in [-0.3, -0.25) is 0 Å². The van der Waals surface area contributed by atoms with Crippen molar-refractivity contribution in [3.8, 4) is 5.75 Å². The molecule has 4 rings (SSSR count). The first-order chi connectivity index (χ1) is 19.7. The molecular formula is C35H42O5Si. The SMILES string of the molecule is C=CC1=C[C@@H](CO[Si](c2ccccc2)(c2ccccc2)C(C)(C)C)[C@](OCc2ccc(OC)cc2)(C(=O)OC)CC1. The zero-order valence-corrected chi connectivity index (χ0v) is 25.9. The minimum Gasteiger partial charge on any atom is -0.497 e. The lowest BCUT2D eigenvalue weighted by atomic mass is 9.76. The highest BCUT2D eigenvalue weighted by molar-refractivity contribution is 6.99. The Bertz CT molecular complexity index is 1290. The first-order valence-corrected chi connectivity index (χ1v) is 16.0. The van der Waals surface area contributed by atoms with Gasteiger partial charge in [-0.05, 0) is 45.9 Å². The first-order valence-electron chi connectivity index (χ1n) is 14.1. The van der Waals surface area contributed by atoms with Crippen molar-refractivity contribution in [2.45, 2.75) is 50.9 Å². The van der Waals surface area contributed by atoms with Gasteiger partial charge in [-0.15, -0.1) is 0 Å². The van der Waals surface area contributed by atoms with Crippen LogP contribution in [0.15, 0.2) is 109 Å². The van der Waals surface area contributed by atoms with Crippen molar-refractivity contribution in [3.05, 3.63) is 115 Å². The molecule has 0 N–H and O–H groups in total. The molecule has 0 amide bonds. The summed E-state index contributed by atoms with van der Waals surface area (Å²) in [6.45, 7) is 11.3. The van der Waals surface area contributed by atoms with Crippen LogP contribution < -0.4 is 15.1 Å². The van der Waals surface area contributed by atoms with E-state index in [1.54, 1.807) is 7.11 Å². The van der Waals surface area contributed by atoms with Crippen molar-refractivity contribution in [1.82, 2.24) is 0 Å². The van der Waals surface area contributed by atoms with Gasteiger partial charge in [-0.1, -0.05) is 118 Å². The Morgan fingerprint density at radius 2 is 1.54 bits per heavy atom. The molecule has 0 unspecified atom stereocenters. The van der Waals surface area contributed by atoms with Gasteiger partial charge in [0, 0.05) is 12.5 Å². The molecule has 3 aromatic carbocycles. The summed E-state index contributed by atoms with van der Waals surface area (Å²) >= 11 is 0. The number of carbonyl (C=O) groups is 1. The zero-order chi connectivity index (χ0) is 29.5. The van der Waals surface area contributed by atoms with E-state index in [0.29, 0.717) is 19.4 Å². The largest absolute Gasteiger partial charge is 0.497 e. The van der Waals surface area contributed by atoms with E-state index in [0.717, 1.165) is 16.9 Å². The molecule has 3 aromatic rings. The second-order valence-corrected chi connectivity index (χ2v) is 15.9. The van der Waals surface area contributed by atoms with Gasteiger partial charge < -0.3 is 18.6 Å². The molecule has 5 nitrogen and oxygen atoms in total. The molecule has 0 saturated heterocycles. The van der Waals surface area contributed by atoms with Crippen LogP contribution in [0.1, 0.15) is 39.2 Å². The number of hydrogen-bond acceptors (Lipinski definition) is 5. The number of hydrogen-bond donors (Lipinski definition) is 0. The highest BCUT2D eigenvalue weighted by atomic mass is 28.4. The van der Waals surface area contributed by atoms with Crippen molar-refractivity contribution in [2.75, 3.05) is 20.8 Å². The Labute approximate surface area is 245 Å². The van der Waals surface area contributed by atoms with Crippen LogP contribution in [0.4, 0.5) is 0 Å². The number of methoxy groups -OCH3 is 2. The number of ether oxygens (including phenoxy) is 3. The molecule has 41 heavy (non-hydrogen) atoms. The molecule has 1 aliphatic carbocycles. The summed E-state index contributed by atoms with van der Waals surface area (Å²) in [5, 5.41) is 2.17. The summed E-state index contributed by atoms with van der Waals surface area (Å²) in [6.07, 6.45) is 5.10. The number of esters is 1. The normalized spacial score (nSPS) is 19.2. The summed E-state index contributed by atoms with van der Waals surface area (Å²) in [5.74, 6) is 0.00209. The van der Waals surface area contributed by atoms with E-state index in [2.05, 4.69) is 82.0 Å². The summed E-state index contributed by atoms with van der Waals surface area (Å²) in [6, 6.07) is 28.7. The average molecular weight is 571 g/mol. The minimum atomic E-state index is -2.85. The van der Waals surface area contributed by atoms with Crippen LogP contribution in [0.3, 0.4) is 0 Å². The molecule has 6 heteroatoms. The lowest BCUT2D eigenvalue weighted by Crippen LogP contribution is -2.67. The zero-order valence-electron chi connectivity index (χ0n) is 24.9. The second kappa shape index (κ2) is 13.0. The first kappa shape index (κ1) is 30.5. The van der Waals surface area contributed by atoms with Crippen molar-refractivity contribution in [2.24, 2.45) is 5.92 Å². The number of rotatable bonds is 11.